The van der Waals surface area contributed by atoms with E-state index in [1.165, 1.54) is 5.69 Å². The van der Waals surface area contributed by atoms with Gasteiger partial charge in [-0.1, -0.05) is 40.2 Å². The normalized spacial score (nSPS) is 15.4. The van der Waals surface area contributed by atoms with Crippen LogP contribution in [0.1, 0.15) is 0 Å². The molecule has 1 N–H and O–H groups in total. The Hall–Kier alpha value is -1.85. The number of piperazine rings is 1. The molecule has 3 rings (SSSR count). The van der Waals surface area contributed by atoms with Gasteiger partial charge in [-0.15, -0.1) is 0 Å². The Morgan fingerprint density at radius 2 is 1.74 bits per heavy atom. The second-order valence-corrected chi connectivity index (χ2v) is 6.57. The Morgan fingerprint density at radius 3 is 2.43 bits per heavy atom. The second kappa shape index (κ2) is 7.62. The maximum atomic E-state index is 12.2. The molecule has 0 aliphatic carbocycles. The topological polar surface area (TPSA) is 35.6 Å². The molecule has 120 valence electrons. The zero-order chi connectivity index (χ0) is 16.1. The molecule has 0 saturated carbocycles. The van der Waals surface area contributed by atoms with Gasteiger partial charge in [0, 0.05) is 42.0 Å². The number of nitrogens with one attached hydrogen (secondary N) is 1. The van der Waals surface area contributed by atoms with Crippen LogP contribution in [0.5, 0.6) is 0 Å². The van der Waals surface area contributed by atoms with Crippen LogP contribution in [0, 0.1) is 0 Å². The van der Waals surface area contributed by atoms with Crippen LogP contribution in [0.3, 0.4) is 0 Å². The first-order valence-corrected chi connectivity index (χ1v) is 8.58. The monoisotopic (exact) mass is 373 g/mol. The molecular weight excluding hydrogens is 354 g/mol. The molecule has 0 aromatic heterocycles. The number of carbonyl (C=O) groups excluding carboxylic acids is 1. The van der Waals surface area contributed by atoms with Crippen LogP contribution < -0.4 is 10.2 Å². The maximum Gasteiger partial charge on any atom is 0.238 e. The Labute approximate surface area is 145 Å². The van der Waals surface area contributed by atoms with E-state index in [0.29, 0.717) is 6.54 Å². The van der Waals surface area contributed by atoms with Gasteiger partial charge in [-0.3, -0.25) is 9.69 Å². The van der Waals surface area contributed by atoms with Gasteiger partial charge in [0.25, 0.3) is 0 Å². The summed E-state index contributed by atoms with van der Waals surface area (Å²) < 4.78 is 0.965. The lowest BCUT2D eigenvalue weighted by molar-refractivity contribution is -0.117. The quantitative estimate of drug-likeness (QED) is 0.893. The van der Waals surface area contributed by atoms with Gasteiger partial charge >= 0.3 is 0 Å². The van der Waals surface area contributed by atoms with Crippen molar-refractivity contribution < 1.29 is 4.79 Å². The van der Waals surface area contributed by atoms with Gasteiger partial charge in [0.2, 0.25) is 5.91 Å². The van der Waals surface area contributed by atoms with Crippen LogP contribution in [-0.2, 0) is 4.79 Å². The Kier molecular flexibility index (Phi) is 5.31. The summed E-state index contributed by atoms with van der Waals surface area (Å²) in [7, 11) is 0. The predicted molar refractivity (Wildman–Crippen MR) is 97.9 cm³/mol. The van der Waals surface area contributed by atoms with Crippen molar-refractivity contribution in [3.63, 3.8) is 0 Å². The van der Waals surface area contributed by atoms with Crippen LogP contribution in [-0.4, -0.2) is 43.5 Å². The molecule has 1 aliphatic heterocycles. The molecule has 1 amide bonds. The largest absolute Gasteiger partial charge is 0.369 e. The van der Waals surface area contributed by atoms with Crippen LogP contribution in [0.15, 0.2) is 59.1 Å². The van der Waals surface area contributed by atoms with Crippen LogP contribution in [0.4, 0.5) is 11.4 Å². The number of para-hydroxylation sites is 1. The first kappa shape index (κ1) is 16.0. The van der Waals surface area contributed by atoms with E-state index >= 15 is 0 Å². The van der Waals surface area contributed by atoms with Gasteiger partial charge in [0.1, 0.15) is 0 Å². The number of halogens is 1. The van der Waals surface area contributed by atoms with E-state index in [1.807, 2.05) is 30.3 Å². The van der Waals surface area contributed by atoms with Gasteiger partial charge in [-0.2, -0.15) is 0 Å². The third kappa shape index (κ3) is 4.56. The molecule has 1 saturated heterocycles. The molecule has 0 unspecified atom stereocenters. The Balaban J connectivity index is 1.48. The number of amides is 1. The highest BCUT2D eigenvalue weighted by molar-refractivity contribution is 9.10. The average Bonchev–Trinajstić information content (AvgIpc) is 2.56. The van der Waals surface area contributed by atoms with Crippen LogP contribution >= 0.6 is 15.9 Å². The maximum absolute atomic E-state index is 12.2. The molecule has 1 aliphatic rings. The minimum Gasteiger partial charge on any atom is -0.369 e. The summed E-state index contributed by atoms with van der Waals surface area (Å²) >= 11 is 3.41. The van der Waals surface area contributed by atoms with Gasteiger partial charge in [0.05, 0.1) is 6.54 Å². The second-order valence-electron chi connectivity index (χ2n) is 5.66. The highest BCUT2D eigenvalue weighted by Gasteiger charge is 2.19. The molecule has 1 heterocycles. The van der Waals surface area contributed by atoms with E-state index in [-0.39, 0.29) is 5.91 Å². The molecule has 2 aromatic rings. The molecule has 0 radical (unpaired) electrons. The molecule has 1 fully saturated rings. The SMILES string of the molecule is O=C(CN1CCN(c2ccccc2)CC1)Nc1cccc(Br)c1. The fourth-order valence-electron chi connectivity index (χ4n) is 2.77. The van der Waals surface area contributed by atoms with Crippen molar-refractivity contribution in [1.29, 1.82) is 0 Å². The standard InChI is InChI=1S/C18H20BrN3O/c19-15-5-4-6-16(13-15)20-18(23)14-21-9-11-22(12-10-21)17-7-2-1-3-8-17/h1-8,13H,9-12,14H2,(H,20,23). The van der Waals surface area contributed by atoms with Gasteiger partial charge < -0.3 is 10.2 Å². The number of carbonyl (C=O) groups is 1. The molecule has 5 heteroatoms. The summed E-state index contributed by atoms with van der Waals surface area (Å²) in [6, 6.07) is 18.1. The molecule has 4 nitrogen and oxygen atoms in total. The van der Waals surface area contributed by atoms with Gasteiger partial charge in [-0.25, -0.2) is 0 Å². The first-order chi connectivity index (χ1) is 11.2. The lowest BCUT2D eigenvalue weighted by Gasteiger charge is -2.35. The molecule has 0 bridgehead atoms. The summed E-state index contributed by atoms with van der Waals surface area (Å²) in [5, 5.41) is 2.95. The van der Waals surface area contributed by atoms with E-state index in [1.54, 1.807) is 0 Å². The first-order valence-electron chi connectivity index (χ1n) is 7.78. The Morgan fingerprint density at radius 1 is 1.00 bits per heavy atom. The summed E-state index contributed by atoms with van der Waals surface area (Å²) in [5.74, 6) is 0.0382. The Bertz CT molecular complexity index is 654. The number of rotatable bonds is 4. The highest BCUT2D eigenvalue weighted by Crippen LogP contribution is 2.17. The van der Waals surface area contributed by atoms with E-state index < -0.39 is 0 Å². The minimum absolute atomic E-state index is 0.0382. The zero-order valence-electron chi connectivity index (χ0n) is 12.9. The van der Waals surface area contributed by atoms with Crippen molar-refractivity contribution >= 4 is 33.2 Å². The van der Waals surface area contributed by atoms with Crippen molar-refractivity contribution in [2.24, 2.45) is 0 Å². The molecular formula is C18H20BrN3O. The van der Waals surface area contributed by atoms with Crippen molar-refractivity contribution in [2.75, 3.05) is 42.9 Å². The van der Waals surface area contributed by atoms with E-state index in [2.05, 4.69) is 55.3 Å². The number of anilines is 2. The smallest absolute Gasteiger partial charge is 0.238 e. The van der Waals surface area contributed by atoms with Crippen LogP contribution in [0.25, 0.3) is 0 Å². The third-order valence-corrected chi connectivity index (χ3v) is 4.46. The summed E-state index contributed by atoms with van der Waals surface area (Å²) in [5.41, 5.74) is 2.08. The lowest BCUT2D eigenvalue weighted by Crippen LogP contribution is -2.48. The van der Waals surface area contributed by atoms with Crippen molar-refractivity contribution in [2.45, 2.75) is 0 Å². The molecule has 23 heavy (non-hydrogen) atoms. The minimum atomic E-state index is 0.0382. The fourth-order valence-corrected chi connectivity index (χ4v) is 3.17. The zero-order valence-corrected chi connectivity index (χ0v) is 14.5. The van der Waals surface area contributed by atoms with Gasteiger partial charge in [0.15, 0.2) is 0 Å². The number of hydrogen-bond donors (Lipinski definition) is 1. The summed E-state index contributed by atoms with van der Waals surface area (Å²) in [4.78, 5) is 16.7. The summed E-state index contributed by atoms with van der Waals surface area (Å²) in [6.45, 7) is 4.15. The molecule has 2 aromatic carbocycles. The summed E-state index contributed by atoms with van der Waals surface area (Å²) in [6.07, 6.45) is 0. The predicted octanol–water partition coefficient (Wildman–Crippen LogP) is 3.21. The highest BCUT2D eigenvalue weighted by atomic mass is 79.9. The number of hydrogen-bond acceptors (Lipinski definition) is 3. The average molecular weight is 374 g/mol. The lowest BCUT2D eigenvalue weighted by atomic mass is 10.2. The van der Waals surface area contributed by atoms with E-state index in [9.17, 15) is 4.79 Å². The van der Waals surface area contributed by atoms with E-state index in [0.717, 1.165) is 36.3 Å². The third-order valence-electron chi connectivity index (χ3n) is 3.97. The van der Waals surface area contributed by atoms with Crippen molar-refractivity contribution in [3.05, 3.63) is 59.1 Å². The van der Waals surface area contributed by atoms with E-state index in [4.69, 9.17) is 0 Å². The van der Waals surface area contributed by atoms with Crippen molar-refractivity contribution in [1.82, 2.24) is 4.90 Å². The number of benzene rings is 2. The fraction of sp³-hybridized carbons (Fsp3) is 0.278. The van der Waals surface area contributed by atoms with Crippen molar-refractivity contribution in [3.8, 4) is 0 Å². The van der Waals surface area contributed by atoms with Crippen LogP contribution in [0.2, 0.25) is 0 Å². The number of nitrogens with zero attached hydrogens (tertiary/aromatic N) is 2. The molecule has 0 atom stereocenters. The van der Waals surface area contributed by atoms with Gasteiger partial charge in [-0.05, 0) is 30.3 Å². The molecule has 0 spiro atoms.